The van der Waals surface area contributed by atoms with Gasteiger partial charge in [-0.05, 0) is 38.1 Å². The standard InChI is InChI=1S/C26H32N2O8/c1-5-6-10-36-13-9-7-8-12-11(2)14-16(20(29)15(12)13)23(32)26(35)18(21(14)30)19(28(3)4)22(31)17(24(26)33)25(27)34/h7-9,11,14,18-19,21,29-30,33,35H,5-6,10H2,1-4H3,(H2,27,34)/t11-,14?,18?,19-,21-,26-/m0/s1. The number of ether oxygens (including phenoxy) is 1. The fourth-order valence-corrected chi connectivity index (χ4v) is 6.01. The van der Waals surface area contributed by atoms with Crippen molar-refractivity contribution in [1.29, 1.82) is 0 Å². The highest BCUT2D eigenvalue weighted by Crippen LogP contribution is 2.56. The van der Waals surface area contributed by atoms with Crippen LogP contribution in [0.5, 0.6) is 5.75 Å². The average molecular weight is 501 g/mol. The van der Waals surface area contributed by atoms with E-state index in [2.05, 4.69) is 0 Å². The summed E-state index contributed by atoms with van der Waals surface area (Å²) in [5.41, 5.74) is 2.18. The highest BCUT2D eigenvalue weighted by Gasteiger charge is 2.68. The molecule has 1 aromatic carbocycles. The molecule has 10 nitrogen and oxygen atoms in total. The first-order chi connectivity index (χ1) is 16.9. The molecule has 0 heterocycles. The van der Waals surface area contributed by atoms with Gasteiger partial charge in [-0.25, -0.2) is 0 Å². The number of aliphatic hydroxyl groups is 4. The summed E-state index contributed by atoms with van der Waals surface area (Å²) < 4.78 is 5.87. The summed E-state index contributed by atoms with van der Waals surface area (Å²) >= 11 is 0. The van der Waals surface area contributed by atoms with Crippen molar-refractivity contribution in [3.63, 3.8) is 0 Å². The second-order valence-corrected chi connectivity index (χ2v) is 9.97. The Hall–Kier alpha value is -3.21. The molecule has 194 valence electrons. The number of unbranched alkanes of at least 4 members (excludes halogenated alkanes) is 1. The molecule has 0 spiro atoms. The van der Waals surface area contributed by atoms with Crippen LogP contribution in [0.25, 0.3) is 5.76 Å². The minimum Gasteiger partial charge on any atom is -0.508 e. The second-order valence-electron chi connectivity index (χ2n) is 9.97. The van der Waals surface area contributed by atoms with Crippen LogP contribution in [0, 0.1) is 11.8 Å². The van der Waals surface area contributed by atoms with Crippen LogP contribution in [0.4, 0.5) is 0 Å². The molecule has 0 saturated heterocycles. The predicted octanol–water partition coefficient (Wildman–Crippen LogP) is 0.969. The number of carbonyl (C=O) groups is 3. The summed E-state index contributed by atoms with van der Waals surface area (Å²) in [7, 11) is 2.98. The number of carbonyl (C=O) groups excluding carboxylic acids is 3. The zero-order valence-corrected chi connectivity index (χ0v) is 20.7. The molecule has 1 fully saturated rings. The molecule has 1 aromatic rings. The molecule has 3 aliphatic rings. The lowest BCUT2D eigenvalue weighted by Crippen LogP contribution is -2.70. The summed E-state index contributed by atoms with van der Waals surface area (Å²) in [6.45, 7) is 4.16. The Morgan fingerprint density at radius 3 is 2.47 bits per heavy atom. The lowest BCUT2D eigenvalue weighted by atomic mass is 9.54. The number of primary amides is 1. The lowest BCUT2D eigenvalue weighted by molar-refractivity contribution is -0.169. The number of aliphatic hydroxyl groups excluding tert-OH is 3. The van der Waals surface area contributed by atoms with E-state index in [1.807, 2.05) is 6.92 Å². The quantitative estimate of drug-likeness (QED) is 0.282. The van der Waals surface area contributed by atoms with Gasteiger partial charge in [-0.1, -0.05) is 32.4 Å². The molecular formula is C26H32N2O8. The number of nitrogens with zero attached hydrogens (tertiary/aromatic N) is 1. The van der Waals surface area contributed by atoms with Gasteiger partial charge >= 0.3 is 0 Å². The van der Waals surface area contributed by atoms with Gasteiger partial charge in [0.1, 0.15) is 22.8 Å². The van der Waals surface area contributed by atoms with Gasteiger partial charge < -0.3 is 30.9 Å². The van der Waals surface area contributed by atoms with Gasteiger partial charge in [0, 0.05) is 11.5 Å². The minimum absolute atomic E-state index is 0.268. The van der Waals surface area contributed by atoms with E-state index < -0.39 is 70.1 Å². The molecule has 0 radical (unpaired) electrons. The Labute approximate surface area is 208 Å². The van der Waals surface area contributed by atoms with Gasteiger partial charge in [-0.2, -0.15) is 0 Å². The van der Waals surface area contributed by atoms with Crippen molar-refractivity contribution in [2.24, 2.45) is 17.6 Å². The molecule has 6 N–H and O–H groups in total. The van der Waals surface area contributed by atoms with E-state index in [9.17, 15) is 34.8 Å². The largest absolute Gasteiger partial charge is 0.508 e. The van der Waals surface area contributed by atoms with Crippen LogP contribution in [0.2, 0.25) is 0 Å². The monoisotopic (exact) mass is 500 g/mol. The van der Waals surface area contributed by atoms with Crippen LogP contribution < -0.4 is 10.5 Å². The number of rotatable bonds is 6. The van der Waals surface area contributed by atoms with Gasteiger partial charge in [0.2, 0.25) is 5.78 Å². The van der Waals surface area contributed by atoms with E-state index in [4.69, 9.17) is 10.5 Å². The van der Waals surface area contributed by atoms with Crippen molar-refractivity contribution < 1.29 is 39.5 Å². The maximum absolute atomic E-state index is 14.0. The van der Waals surface area contributed by atoms with Gasteiger partial charge in [-0.15, -0.1) is 0 Å². The third-order valence-corrected chi connectivity index (χ3v) is 7.73. The Balaban J connectivity index is 1.98. The van der Waals surface area contributed by atoms with E-state index in [1.54, 1.807) is 25.1 Å². The molecule has 2 unspecified atom stereocenters. The predicted molar refractivity (Wildman–Crippen MR) is 129 cm³/mol. The third-order valence-electron chi connectivity index (χ3n) is 7.73. The highest BCUT2D eigenvalue weighted by molar-refractivity contribution is 6.24. The Kier molecular flexibility index (Phi) is 6.48. The van der Waals surface area contributed by atoms with Crippen molar-refractivity contribution in [2.45, 2.75) is 50.4 Å². The van der Waals surface area contributed by atoms with Crippen LogP contribution in [0.1, 0.15) is 43.7 Å². The summed E-state index contributed by atoms with van der Waals surface area (Å²) in [6, 6.07) is 3.83. The van der Waals surface area contributed by atoms with E-state index in [-0.39, 0.29) is 11.1 Å². The van der Waals surface area contributed by atoms with Crippen molar-refractivity contribution in [3.05, 3.63) is 46.2 Å². The first kappa shape index (κ1) is 25.9. The zero-order chi connectivity index (χ0) is 26.7. The molecule has 0 aromatic heterocycles. The van der Waals surface area contributed by atoms with Crippen molar-refractivity contribution in [1.82, 2.24) is 4.90 Å². The number of likely N-dealkylation sites (N-methyl/N-ethyl adjacent to an activating group) is 1. The number of fused-ring (bicyclic) bond motifs is 3. The van der Waals surface area contributed by atoms with Crippen molar-refractivity contribution in [2.75, 3.05) is 20.7 Å². The lowest BCUT2D eigenvalue weighted by Gasteiger charge is -2.53. The minimum atomic E-state index is -2.86. The number of hydrogen-bond donors (Lipinski definition) is 5. The van der Waals surface area contributed by atoms with Gasteiger partial charge in [0.15, 0.2) is 11.4 Å². The van der Waals surface area contributed by atoms with Crippen molar-refractivity contribution >= 4 is 23.2 Å². The molecule has 10 heteroatoms. The Morgan fingerprint density at radius 1 is 1.22 bits per heavy atom. The fraction of sp³-hybridized carbons (Fsp3) is 0.500. The molecule has 4 rings (SSSR count). The topological polar surface area (TPSA) is 171 Å². The van der Waals surface area contributed by atoms with Crippen molar-refractivity contribution in [3.8, 4) is 5.75 Å². The Bertz CT molecular complexity index is 1200. The molecule has 0 bridgehead atoms. The number of Topliss-reactive ketones (excluding diaryl/α,β-unsaturated/α-hetero) is 2. The highest BCUT2D eigenvalue weighted by atomic mass is 16.5. The summed E-state index contributed by atoms with van der Waals surface area (Å²) in [5.74, 6) is -7.71. The Morgan fingerprint density at radius 2 is 1.89 bits per heavy atom. The maximum Gasteiger partial charge on any atom is 0.255 e. The second kappa shape index (κ2) is 9.02. The van der Waals surface area contributed by atoms with E-state index in [1.165, 1.54) is 19.0 Å². The first-order valence-corrected chi connectivity index (χ1v) is 12.0. The fourth-order valence-electron chi connectivity index (χ4n) is 6.01. The van der Waals surface area contributed by atoms with Crippen LogP contribution in [-0.4, -0.2) is 81.2 Å². The molecule has 1 saturated carbocycles. The number of amides is 1. The van der Waals surface area contributed by atoms with Gasteiger partial charge in [0.05, 0.1) is 30.2 Å². The third kappa shape index (κ3) is 3.39. The average Bonchev–Trinajstić information content (AvgIpc) is 2.81. The van der Waals surface area contributed by atoms with Crippen LogP contribution in [0.15, 0.2) is 35.1 Å². The van der Waals surface area contributed by atoms with Crippen LogP contribution >= 0.6 is 0 Å². The van der Waals surface area contributed by atoms with E-state index in [0.717, 1.165) is 12.8 Å². The van der Waals surface area contributed by atoms with E-state index >= 15 is 0 Å². The van der Waals surface area contributed by atoms with E-state index in [0.29, 0.717) is 17.9 Å². The molecule has 1 amide bonds. The first-order valence-electron chi connectivity index (χ1n) is 12.0. The summed E-state index contributed by atoms with van der Waals surface area (Å²) in [4.78, 5) is 40.6. The molecule has 3 aliphatic carbocycles. The number of nitrogens with two attached hydrogens (primary N) is 1. The van der Waals surface area contributed by atoms with Crippen LogP contribution in [0.3, 0.4) is 0 Å². The number of hydrogen-bond acceptors (Lipinski definition) is 9. The smallest absolute Gasteiger partial charge is 0.255 e. The van der Waals surface area contributed by atoms with Gasteiger partial charge in [-0.3, -0.25) is 19.3 Å². The number of benzene rings is 1. The van der Waals surface area contributed by atoms with Gasteiger partial charge in [0.25, 0.3) is 5.91 Å². The molecule has 0 aliphatic heterocycles. The molecule has 6 atom stereocenters. The van der Waals surface area contributed by atoms with Crippen LogP contribution in [-0.2, 0) is 14.4 Å². The number of ketones is 2. The summed E-state index contributed by atoms with van der Waals surface area (Å²) in [6.07, 6.45) is 0.108. The summed E-state index contributed by atoms with van der Waals surface area (Å²) in [5, 5.41) is 45.6. The zero-order valence-electron chi connectivity index (χ0n) is 20.7. The normalized spacial score (nSPS) is 31.8. The SMILES string of the molecule is CCCCOc1cccc2c1C(O)=C1C(=O)[C@]3(O)C(O)=C(C(N)=O)C(=O)[C@@H](N(C)C)C3[C@@H](O)C1[C@H]2C. The maximum atomic E-state index is 14.0. The molecular weight excluding hydrogens is 468 g/mol. The molecule has 36 heavy (non-hydrogen) atoms.